The van der Waals surface area contributed by atoms with Crippen molar-refractivity contribution in [3.05, 3.63) is 54.7 Å². The average molecular weight is 546 g/mol. The number of nitrogens with one attached hydrogen (secondary N) is 2. The van der Waals surface area contributed by atoms with E-state index >= 15 is 0 Å². The lowest BCUT2D eigenvalue weighted by Gasteiger charge is -2.15. The van der Waals surface area contributed by atoms with Crippen molar-refractivity contribution in [3.63, 3.8) is 0 Å². The molecule has 1 amide bonds. The van der Waals surface area contributed by atoms with Crippen molar-refractivity contribution in [1.29, 1.82) is 0 Å². The number of carbonyl (C=O) groups is 1. The van der Waals surface area contributed by atoms with E-state index in [2.05, 4.69) is 25.4 Å². The minimum absolute atomic E-state index is 0. The van der Waals surface area contributed by atoms with Crippen LogP contribution in [0.15, 0.2) is 49.1 Å². The number of aromatic amines is 1. The number of nitrogens with zero attached hydrogens (tertiary/aromatic N) is 2. The van der Waals surface area contributed by atoms with Gasteiger partial charge in [0.25, 0.3) is 5.91 Å². The minimum Gasteiger partial charge on any atom is -1.00 e. The molecule has 2 heterocycles. The van der Waals surface area contributed by atoms with Crippen molar-refractivity contribution < 1.29 is 41.9 Å². The molecule has 0 spiro atoms. The molecular formula is C25H28ClN5O5S. The van der Waals surface area contributed by atoms with Crippen LogP contribution >= 0.6 is 11.5 Å². The van der Waals surface area contributed by atoms with Crippen LogP contribution < -0.4 is 42.4 Å². The quantitative estimate of drug-likeness (QED) is 0.256. The van der Waals surface area contributed by atoms with Gasteiger partial charge in [-0.2, -0.15) is 4.37 Å². The molecule has 0 unspecified atom stereocenters. The van der Waals surface area contributed by atoms with E-state index < -0.39 is 6.04 Å². The summed E-state index contributed by atoms with van der Waals surface area (Å²) in [6.07, 6.45) is 5.49. The number of halogens is 1. The Morgan fingerprint density at radius 3 is 2.30 bits per heavy atom. The van der Waals surface area contributed by atoms with E-state index in [9.17, 15) is 4.79 Å². The lowest BCUT2D eigenvalue weighted by molar-refractivity contribution is -0.402. The van der Waals surface area contributed by atoms with Gasteiger partial charge in [0.15, 0.2) is 17.5 Å². The summed E-state index contributed by atoms with van der Waals surface area (Å²) >= 11 is 1.35. The van der Waals surface area contributed by atoms with Gasteiger partial charge < -0.3 is 47.4 Å². The first-order chi connectivity index (χ1) is 17.5. The Morgan fingerprint density at radius 2 is 1.70 bits per heavy atom. The molecule has 0 saturated heterocycles. The fraction of sp³-hybridized carbons (Fsp3) is 0.240. The number of carbonyl (C=O) groups excluding carboxylic acids is 1. The molecule has 0 aliphatic carbocycles. The Kier molecular flexibility index (Phi) is 9.34. The number of methoxy groups -OCH3 is 4. The van der Waals surface area contributed by atoms with Gasteiger partial charge in [0.1, 0.15) is 5.75 Å². The zero-order valence-corrected chi connectivity index (χ0v) is 22.4. The van der Waals surface area contributed by atoms with Crippen LogP contribution in [0.5, 0.6) is 23.0 Å². The van der Waals surface area contributed by atoms with E-state index in [0.717, 1.165) is 27.3 Å². The number of anilines is 1. The summed E-state index contributed by atoms with van der Waals surface area (Å²) in [4.78, 5) is 20.8. The Morgan fingerprint density at radius 1 is 1.00 bits per heavy atom. The summed E-state index contributed by atoms with van der Waals surface area (Å²) in [5, 5.41) is 2.95. The molecule has 0 bridgehead atoms. The average Bonchev–Trinajstić information content (AvgIpc) is 3.60. The van der Waals surface area contributed by atoms with Crippen molar-refractivity contribution in [1.82, 2.24) is 14.3 Å². The highest BCUT2D eigenvalue weighted by atomic mass is 35.5. The molecule has 0 aliphatic rings. The highest BCUT2D eigenvalue weighted by molar-refractivity contribution is 7.10. The molecular weight excluding hydrogens is 518 g/mol. The van der Waals surface area contributed by atoms with Crippen molar-refractivity contribution in [2.24, 2.45) is 0 Å². The molecule has 2 aromatic carbocycles. The maximum atomic E-state index is 12.9. The summed E-state index contributed by atoms with van der Waals surface area (Å²) in [5.74, 6) is 1.93. The molecule has 196 valence electrons. The number of imidazole rings is 1. The number of quaternary nitrogens is 1. The minimum atomic E-state index is -0.517. The van der Waals surface area contributed by atoms with Gasteiger partial charge in [-0.3, -0.25) is 4.79 Å². The number of H-pyrrole nitrogens is 1. The SMILES string of the molecule is COc1ccc(-c2cnsc2-c2cc(OC)c(OC)c(OC)c2)cc1NC(=O)[C@H]([NH3+])Cc1cnc[nH]1.[Cl-]. The maximum Gasteiger partial charge on any atom is 0.283 e. The highest BCUT2D eigenvalue weighted by Crippen LogP contribution is 2.45. The molecule has 0 aliphatic heterocycles. The number of aromatic nitrogens is 3. The zero-order valence-electron chi connectivity index (χ0n) is 20.8. The monoisotopic (exact) mass is 545 g/mol. The summed E-state index contributed by atoms with van der Waals surface area (Å²) in [5.41, 5.74) is 7.98. The Bertz CT molecular complexity index is 1320. The Balaban J connectivity index is 0.00000380. The van der Waals surface area contributed by atoms with Crippen LogP contribution in [-0.4, -0.2) is 54.7 Å². The van der Waals surface area contributed by atoms with Crippen molar-refractivity contribution in [2.75, 3.05) is 33.8 Å². The first-order valence-corrected chi connectivity index (χ1v) is 11.8. The van der Waals surface area contributed by atoms with E-state index in [1.54, 1.807) is 47.2 Å². The number of benzene rings is 2. The van der Waals surface area contributed by atoms with E-state index in [1.165, 1.54) is 11.5 Å². The molecule has 0 radical (unpaired) electrons. The molecule has 37 heavy (non-hydrogen) atoms. The van der Waals surface area contributed by atoms with E-state index in [1.807, 2.05) is 30.3 Å². The second kappa shape index (κ2) is 12.4. The lowest BCUT2D eigenvalue weighted by Crippen LogP contribution is -3.00. The topological polar surface area (TPSA) is 135 Å². The van der Waals surface area contributed by atoms with Gasteiger partial charge in [0, 0.05) is 29.2 Å². The molecule has 12 heteroatoms. The highest BCUT2D eigenvalue weighted by Gasteiger charge is 2.22. The molecule has 1 atom stereocenters. The summed E-state index contributed by atoms with van der Waals surface area (Å²) in [6.45, 7) is 0. The molecule has 10 nitrogen and oxygen atoms in total. The standard InChI is InChI=1S/C25H27N5O5S.ClH/c1-32-20-6-5-14(7-19(20)30-25(31)18(26)10-16-11-27-13-28-16)17-12-29-36-24(17)15-8-21(33-2)23(35-4)22(9-15)34-3;/h5-9,11-13,18H,10,26H2,1-4H3,(H,27,28)(H,30,31);1H/t18-;/m1./s1. The third-order valence-electron chi connectivity index (χ3n) is 5.66. The predicted octanol–water partition coefficient (Wildman–Crippen LogP) is 0.0303. The van der Waals surface area contributed by atoms with E-state index in [4.69, 9.17) is 18.9 Å². The van der Waals surface area contributed by atoms with Crippen LogP contribution in [0.4, 0.5) is 5.69 Å². The second-order valence-electron chi connectivity index (χ2n) is 7.86. The van der Waals surface area contributed by atoms with Crippen LogP contribution in [0.25, 0.3) is 21.6 Å². The predicted molar refractivity (Wildman–Crippen MR) is 137 cm³/mol. The maximum absolute atomic E-state index is 12.9. The molecule has 0 fully saturated rings. The summed E-state index contributed by atoms with van der Waals surface area (Å²) < 4.78 is 26.4. The molecule has 4 rings (SSSR count). The van der Waals surface area contributed by atoms with Crippen molar-refractivity contribution in [3.8, 4) is 44.6 Å². The molecule has 2 aromatic heterocycles. The van der Waals surface area contributed by atoms with E-state index in [0.29, 0.717) is 35.1 Å². The third-order valence-corrected chi connectivity index (χ3v) is 6.51. The van der Waals surface area contributed by atoms with Crippen LogP contribution in [0.3, 0.4) is 0 Å². The summed E-state index contributed by atoms with van der Waals surface area (Å²) in [6, 6.07) is 8.85. The van der Waals surface area contributed by atoms with Crippen LogP contribution in [0.2, 0.25) is 0 Å². The van der Waals surface area contributed by atoms with Gasteiger partial charge in [-0.1, -0.05) is 6.07 Å². The number of ether oxygens (including phenoxy) is 4. The van der Waals surface area contributed by atoms with Crippen LogP contribution in [0.1, 0.15) is 5.69 Å². The molecule has 0 saturated carbocycles. The number of amides is 1. The van der Waals surface area contributed by atoms with E-state index in [-0.39, 0.29) is 18.3 Å². The van der Waals surface area contributed by atoms with Crippen LogP contribution in [-0.2, 0) is 11.2 Å². The van der Waals surface area contributed by atoms with Crippen molar-refractivity contribution in [2.45, 2.75) is 12.5 Å². The zero-order chi connectivity index (χ0) is 25.7. The van der Waals surface area contributed by atoms with Gasteiger partial charge in [0.2, 0.25) is 5.75 Å². The number of rotatable bonds is 10. The van der Waals surface area contributed by atoms with Gasteiger partial charge in [-0.15, -0.1) is 0 Å². The third kappa shape index (κ3) is 5.96. The second-order valence-corrected chi connectivity index (χ2v) is 8.67. The normalized spacial score (nSPS) is 11.3. The van der Waals surface area contributed by atoms with Gasteiger partial charge in [0.05, 0.1) is 51.8 Å². The Labute approximate surface area is 224 Å². The fourth-order valence-electron chi connectivity index (χ4n) is 3.83. The summed E-state index contributed by atoms with van der Waals surface area (Å²) in [7, 11) is 6.28. The van der Waals surface area contributed by atoms with Gasteiger partial charge in [-0.05, 0) is 41.4 Å². The fourth-order valence-corrected chi connectivity index (χ4v) is 4.58. The van der Waals surface area contributed by atoms with Gasteiger partial charge in [-0.25, -0.2) is 4.98 Å². The van der Waals surface area contributed by atoms with Gasteiger partial charge >= 0.3 is 0 Å². The molecule has 5 N–H and O–H groups in total. The van der Waals surface area contributed by atoms with Crippen LogP contribution in [0, 0.1) is 0 Å². The molecule has 4 aromatic rings. The number of hydrogen-bond donors (Lipinski definition) is 3. The first kappa shape index (κ1) is 27.8. The Hall–Kier alpha value is -3.80. The smallest absolute Gasteiger partial charge is 0.283 e. The van der Waals surface area contributed by atoms with Crippen molar-refractivity contribution >= 4 is 23.1 Å². The first-order valence-electron chi connectivity index (χ1n) is 11.0. The number of hydrogen-bond acceptors (Lipinski definition) is 8. The lowest BCUT2D eigenvalue weighted by atomic mass is 10.0. The largest absolute Gasteiger partial charge is 1.00 e.